The number of hydrogen-bond donors (Lipinski definition) is 0. The third kappa shape index (κ3) is 7.51. The van der Waals surface area contributed by atoms with Gasteiger partial charge in [0.2, 0.25) is 0 Å². The summed E-state index contributed by atoms with van der Waals surface area (Å²) in [5.74, 6) is 0. The van der Waals surface area contributed by atoms with Crippen LogP contribution >= 0.6 is 0 Å². The standard InChI is InChI=1S/C63H69BN2O/c1-38-32-54-56-55(33-38)66(45-28-22-40(23-29-45)59(2,3)4)53-37-42(61(8,9)10)24-30-50(53)64(56)51-36-41(60(5,6)7)25-31-52(51)65(54)44-26-20-39(21-27-44)46-18-17-19-47-48-34-43(62(11,12)13)35-49(63(14,15)16)58(48)67-57(46)47/h17-37H,1-16H3. The molecule has 0 unspecified atom stereocenters. The van der Waals surface area contributed by atoms with Crippen molar-refractivity contribution in [1.82, 2.24) is 0 Å². The van der Waals surface area contributed by atoms with E-state index in [1.807, 2.05) is 0 Å². The van der Waals surface area contributed by atoms with Crippen molar-refractivity contribution in [2.45, 2.75) is 138 Å². The van der Waals surface area contributed by atoms with Crippen molar-refractivity contribution in [2.24, 2.45) is 0 Å². The number of anilines is 6. The second-order valence-electron chi connectivity index (χ2n) is 24.9. The van der Waals surface area contributed by atoms with Gasteiger partial charge in [0.25, 0.3) is 6.71 Å². The van der Waals surface area contributed by atoms with E-state index in [1.54, 1.807) is 0 Å². The van der Waals surface area contributed by atoms with Gasteiger partial charge < -0.3 is 14.2 Å². The Morgan fingerprint density at radius 1 is 0.403 bits per heavy atom. The molecular formula is C63H69BN2O. The lowest BCUT2D eigenvalue weighted by molar-refractivity contribution is 0.559. The van der Waals surface area contributed by atoms with E-state index in [0.29, 0.717) is 0 Å². The van der Waals surface area contributed by atoms with Gasteiger partial charge in [-0.2, -0.15) is 0 Å². The minimum atomic E-state index is -0.0765. The molecule has 0 aliphatic carbocycles. The third-order valence-electron chi connectivity index (χ3n) is 14.6. The number of aryl methyl sites for hydroxylation is 1. The van der Waals surface area contributed by atoms with Gasteiger partial charge in [0.05, 0.1) is 0 Å². The number of para-hydroxylation sites is 1. The molecule has 0 fully saturated rings. The van der Waals surface area contributed by atoms with Crippen molar-refractivity contribution in [3.05, 3.63) is 161 Å². The van der Waals surface area contributed by atoms with Crippen LogP contribution in [0.1, 0.15) is 137 Å². The summed E-state index contributed by atoms with van der Waals surface area (Å²) < 4.78 is 7.01. The third-order valence-corrected chi connectivity index (χ3v) is 14.6. The van der Waals surface area contributed by atoms with E-state index in [2.05, 4.69) is 248 Å². The van der Waals surface area contributed by atoms with Gasteiger partial charge in [-0.05, 0) is 138 Å². The van der Waals surface area contributed by atoms with Gasteiger partial charge >= 0.3 is 0 Å². The lowest BCUT2D eigenvalue weighted by Crippen LogP contribution is -2.61. The highest BCUT2D eigenvalue weighted by atomic mass is 16.3. The fraction of sp³-hybridized carbons (Fsp3) is 0.333. The number of nitrogens with zero attached hydrogens (tertiary/aromatic N) is 2. The molecule has 0 saturated carbocycles. The molecule has 2 aliphatic heterocycles. The Kier molecular flexibility index (Phi) is 10.0. The average molecular weight is 881 g/mol. The van der Waals surface area contributed by atoms with E-state index in [0.717, 1.165) is 33.4 Å². The predicted molar refractivity (Wildman–Crippen MR) is 291 cm³/mol. The molecule has 0 atom stereocenters. The summed E-state index contributed by atoms with van der Waals surface area (Å²) in [6.07, 6.45) is 0. The summed E-state index contributed by atoms with van der Waals surface area (Å²) in [7, 11) is 0. The summed E-state index contributed by atoms with van der Waals surface area (Å²) in [4.78, 5) is 5.09. The molecule has 0 radical (unpaired) electrons. The molecular weight excluding hydrogens is 812 g/mol. The number of hydrogen-bond acceptors (Lipinski definition) is 3. The van der Waals surface area contributed by atoms with Crippen LogP contribution in [0.5, 0.6) is 0 Å². The van der Waals surface area contributed by atoms with E-state index < -0.39 is 0 Å². The Hall–Kier alpha value is -6.00. The van der Waals surface area contributed by atoms with Crippen LogP contribution in [-0.2, 0) is 27.1 Å². The van der Waals surface area contributed by atoms with Crippen molar-refractivity contribution in [2.75, 3.05) is 9.80 Å². The summed E-state index contributed by atoms with van der Waals surface area (Å²) in [5, 5.41) is 2.36. The highest BCUT2D eigenvalue weighted by Gasteiger charge is 2.44. The fourth-order valence-electron chi connectivity index (χ4n) is 10.6. The van der Waals surface area contributed by atoms with Crippen LogP contribution in [0, 0.1) is 6.92 Å². The summed E-state index contributed by atoms with van der Waals surface area (Å²) in [6, 6.07) is 49.4. The zero-order valence-electron chi connectivity index (χ0n) is 43.0. The molecule has 10 rings (SSSR count). The molecule has 0 amide bonds. The molecule has 1 aromatic heterocycles. The minimum Gasteiger partial charge on any atom is -0.455 e. The molecule has 0 bridgehead atoms. The maximum atomic E-state index is 7.01. The number of furan rings is 1. The summed E-state index contributed by atoms with van der Waals surface area (Å²) in [6.45, 7) is 37.0. The molecule has 4 heteroatoms. The highest BCUT2D eigenvalue weighted by molar-refractivity contribution is 7.00. The molecule has 2 aliphatic rings. The number of rotatable bonds is 3. The topological polar surface area (TPSA) is 19.6 Å². The molecule has 340 valence electrons. The van der Waals surface area contributed by atoms with E-state index in [4.69, 9.17) is 4.42 Å². The quantitative estimate of drug-likeness (QED) is 0.165. The minimum absolute atomic E-state index is 0.0111. The molecule has 0 saturated heterocycles. The number of benzene rings is 7. The normalized spacial score (nSPS) is 14.2. The van der Waals surface area contributed by atoms with Gasteiger partial charge in [0.1, 0.15) is 11.2 Å². The van der Waals surface area contributed by atoms with Gasteiger partial charge in [0, 0.05) is 56.0 Å². The predicted octanol–water partition coefficient (Wildman–Crippen LogP) is 16.1. The highest BCUT2D eigenvalue weighted by Crippen LogP contribution is 2.48. The molecule has 3 heterocycles. The van der Waals surface area contributed by atoms with E-state index in [1.165, 1.54) is 83.6 Å². The maximum Gasteiger partial charge on any atom is 0.252 e. The lowest BCUT2D eigenvalue weighted by atomic mass is 9.33. The molecule has 8 aromatic rings. The first-order valence-electron chi connectivity index (χ1n) is 24.5. The van der Waals surface area contributed by atoms with E-state index >= 15 is 0 Å². The molecule has 3 nitrogen and oxygen atoms in total. The van der Waals surface area contributed by atoms with Crippen LogP contribution < -0.4 is 26.2 Å². The Labute approximate surface area is 401 Å². The van der Waals surface area contributed by atoms with Crippen LogP contribution in [0.3, 0.4) is 0 Å². The summed E-state index contributed by atoms with van der Waals surface area (Å²) >= 11 is 0. The first kappa shape index (κ1) is 44.8. The first-order valence-corrected chi connectivity index (χ1v) is 24.5. The Balaban J connectivity index is 1.18. The monoisotopic (exact) mass is 881 g/mol. The molecule has 0 spiro atoms. The van der Waals surface area contributed by atoms with Crippen molar-refractivity contribution in [1.29, 1.82) is 0 Å². The zero-order chi connectivity index (χ0) is 47.9. The zero-order valence-corrected chi connectivity index (χ0v) is 43.0. The van der Waals surface area contributed by atoms with E-state index in [9.17, 15) is 0 Å². The Morgan fingerprint density at radius 2 is 0.940 bits per heavy atom. The van der Waals surface area contributed by atoms with E-state index in [-0.39, 0.29) is 33.8 Å². The Bertz CT molecular complexity index is 3260. The average Bonchev–Trinajstić information content (AvgIpc) is 3.63. The van der Waals surface area contributed by atoms with Crippen molar-refractivity contribution >= 4 is 79.2 Å². The van der Waals surface area contributed by atoms with Gasteiger partial charge in [-0.1, -0.05) is 177 Å². The second kappa shape index (κ2) is 15.0. The van der Waals surface area contributed by atoms with Gasteiger partial charge in [-0.3, -0.25) is 0 Å². The SMILES string of the molecule is Cc1cc2c3c(c1)N(c1ccc(C(C)(C)C)cc1)c1cc(C(C)(C)C)ccc1B3c1cc(C(C)(C)C)ccc1N2c1ccc(-c2cccc3c2oc2c(C(C)(C)C)cc(C(C)(C)C)cc23)cc1. The Morgan fingerprint density at radius 3 is 1.52 bits per heavy atom. The maximum absolute atomic E-state index is 7.01. The first-order chi connectivity index (χ1) is 31.3. The van der Waals surface area contributed by atoms with Crippen LogP contribution in [0.25, 0.3) is 33.1 Å². The fourth-order valence-corrected chi connectivity index (χ4v) is 10.6. The van der Waals surface area contributed by atoms with Crippen LogP contribution in [0.4, 0.5) is 34.1 Å². The summed E-state index contributed by atoms with van der Waals surface area (Å²) in [5.41, 5.74) is 23.3. The largest absolute Gasteiger partial charge is 0.455 e. The van der Waals surface area contributed by atoms with Crippen LogP contribution in [-0.4, -0.2) is 6.71 Å². The van der Waals surface area contributed by atoms with Gasteiger partial charge in [0.15, 0.2) is 0 Å². The molecule has 0 N–H and O–H groups in total. The van der Waals surface area contributed by atoms with Gasteiger partial charge in [-0.25, -0.2) is 0 Å². The van der Waals surface area contributed by atoms with Crippen molar-refractivity contribution < 1.29 is 4.42 Å². The van der Waals surface area contributed by atoms with Gasteiger partial charge in [-0.15, -0.1) is 0 Å². The molecule has 7 aromatic carbocycles. The smallest absolute Gasteiger partial charge is 0.252 e. The van der Waals surface area contributed by atoms with Crippen LogP contribution in [0.2, 0.25) is 0 Å². The lowest BCUT2D eigenvalue weighted by Gasteiger charge is -2.45. The van der Waals surface area contributed by atoms with Crippen molar-refractivity contribution in [3.8, 4) is 11.1 Å². The van der Waals surface area contributed by atoms with Crippen LogP contribution in [0.15, 0.2) is 132 Å². The molecule has 67 heavy (non-hydrogen) atoms. The second-order valence-corrected chi connectivity index (χ2v) is 24.9. The van der Waals surface area contributed by atoms with Crippen molar-refractivity contribution in [3.63, 3.8) is 0 Å². The number of fused-ring (bicyclic) bond motifs is 7.